The van der Waals surface area contributed by atoms with Crippen molar-refractivity contribution in [2.75, 3.05) is 31.1 Å². The largest absolute Gasteiger partial charge is 0.369 e. The molecule has 2 atom stereocenters. The number of piperazine rings is 1. The number of primary amides is 1. The Morgan fingerprint density at radius 3 is 2.35 bits per heavy atom. The highest BCUT2D eigenvalue weighted by Gasteiger charge is 2.36. The van der Waals surface area contributed by atoms with Crippen LogP contribution < -0.4 is 10.6 Å². The molecular weight excluding hydrogens is 328 g/mol. The quantitative estimate of drug-likeness (QED) is 0.771. The standard InChI is InChI=1S/C20H32N4O2/c1-4-7-16(19(21)25)17(14-15(2)3)20(26)24-12-10-23(11-13-24)18-8-5-6-9-22-18/h5-6,8-9,15-17H,4,7,10-14H2,1-3H3,(H2,21,25)/t16-,17+/m0/s1. The molecule has 1 aromatic heterocycles. The second kappa shape index (κ2) is 9.55. The normalized spacial score (nSPS) is 17.2. The lowest BCUT2D eigenvalue weighted by Gasteiger charge is -2.38. The van der Waals surface area contributed by atoms with Crippen molar-refractivity contribution in [2.45, 2.75) is 40.0 Å². The maximum Gasteiger partial charge on any atom is 0.226 e. The Hall–Kier alpha value is -2.11. The van der Waals surface area contributed by atoms with Crippen LogP contribution in [0.5, 0.6) is 0 Å². The number of hydrogen-bond acceptors (Lipinski definition) is 4. The van der Waals surface area contributed by atoms with E-state index in [9.17, 15) is 9.59 Å². The number of anilines is 1. The van der Waals surface area contributed by atoms with Crippen molar-refractivity contribution in [1.29, 1.82) is 0 Å². The Balaban J connectivity index is 2.05. The molecule has 1 aliphatic rings. The van der Waals surface area contributed by atoms with Crippen LogP contribution in [0, 0.1) is 17.8 Å². The summed E-state index contributed by atoms with van der Waals surface area (Å²) < 4.78 is 0. The number of rotatable bonds is 8. The van der Waals surface area contributed by atoms with Crippen molar-refractivity contribution >= 4 is 17.6 Å². The van der Waals surface area contributed by atoms with Gasteiger partial charge in [0.1, 0.15) is 5.82 Å². The first kappa shape index (κ1) is 20.2. The van der Waals surface area contributed by atoms with Crippen molar-refractivity contribution < 1.29 is 9.59 Å². The van der Waals surface area contributed by atoms with Crippen molar-refractivity contribution in [2.24, 2.45) is 23.5 Å². The molecule has 2 rings (SSSR count). The molecule has 0 unspecified atom stereocenters. The van der Waals surface area contributed by atoms with Crippen molar-refractivity contribution in [3.63, 3.8) is 0 Å². The molecular formula is C20H32N4O2. The van der Waals surface area contributed by atoms with E-state index < -0.39 is 0 Å². The second-order valence-electron chi connectivity index (χ2n) is 7.53. The molecule has 0 aromatic carbocycles. The summed E-state index contributed by atoms with van der Waals surface area (Å²) in [5, 5.41) is 0. The molecule has 0 spiro atoms. The number of nitrogens with zero attached hydrogens (tertiary/aromatic N) is 3. The third-order valence-corrected chi connectivity index (χ3v) is 5.06. The molecule has 26 heavy (non-hydrogen) atoms. The van der Waals surface area contributed by atoms with Crippen molar-refractivity contribution in [3.05, 3.63) is 24.4 Å². The van der Waals surface area contributed by atoms with Gasteiger partial charge >= 0.3 is 0 Å². The second-order valence-corrected chi connectivity index (χ2v) is 7.53. The number of amides is 2. The third-order valence-electron chi connectivity index (χ3n) is 5.06. The first-order valence-corrected chi connectivity index (χ1v) is 9.68. The van der Waals surface area contributed by atoms with Crippen molar-refractivity contribution in [3.8, 4) is 0 Å². The molecule has 6 nitrogen and oxygen atoms in total. The van der Waals surface area contributed by atoms with Crippen LogP contribution in [0.25, 0.3) is 0 Å². The molecule has 2 amide bonds. The fourth-order valence-corrected chi connectivity index (χ4v) is 3.73. The van der Waals surface area contributed by atoms with Gasteiger partial charge in [-0.1, -0.05) is 33.3 Å². The molecule has 0 radical (unpaired) electrons. The first-order valence-electron chi connectivity index (χ1n) is 9.68. The fourth-order valence-electron chi connectivity index (χ4n) is 3.73. The van der Waals surface area contributed by atoms with Gasteiger partial charge in [-0.05, 0) is 30.9 Å². The summed E-state index contributed by atoms with van der Waals surface area (Å²) >= 11 is 0. The summed E-state index contributed by atoms with van der Waals surface area (Å²) in [7, 11) is 0. The number of nitrogens with two attached hydrogens (primary N) is 1. The number of hydrogen-bond donors (Lipinski definition) is 1. The van der Waals surface area contributed by atoms with Crippen LogP contribution >= 0.6 is 0 Å². The van der Waals surface area contributed by atoms with Gasteiger partial charge in [0.05, 0.1) is 0 Å². The van der Waals surface area contributed by atoms with Gasteiger partial charge in [-0.2, -0.15) is 0 Å². The van der Waals surface area contributed by atoms with Crippen LogP contribution in [0.2, 0.25) is 0 Å². The summed E-state index contributed by atoms with van der Waals surface area (Å²) in [5.74, 6) is 0.337. The maximum atomic E-state index is 13.2. The predicted octanol–water partition coefficient (Wildman–Crippen LogP) is 2.29. The smallest absolute Gasteiger partial charge is 0.226 e. The molecule has 144 valence electrons. The van der Waals surface area contributed by atoms with Crippen LogP contribution in [-0.4, -0.2) is 47.9 Å². The minimum atomic E-state index is -0.372. The molecule has 1 aromatic rings. The fraction of sp³-hybridized carbons (Fsp3) is 0.650. The molecule has 2 N–H and O–H groups in total. The van der Waals surface area contributed by atoms with E-state index in [1.807, 2.05) is 30.0 Å². The lowest BCUT2D eigenvalue weighted by Crippen LogP contribution is -2.52. The summed E-state index contributed by atoms with van der Waals surface area (Å²) in [4.78, 5) is 33.6. The highest BCUT2D eigenvalue weighted by atomic mass is 16.2. The van der Waals surface area contributed by atoms with Gasteiger partial charge in [0, 0.05) is 44.2 Å². The third kappa shape index (κ3) is 5.19. The Morgan fingerprint density at radius 1 is 1.15 bits per heavy atom. The SMILES string of the molecule is CCC[C@H](C(N)=O)[C@@H](CC(C)C)C(=O)N1CCN(c2ccccn2)CC1. The predicted molar refractivity (Wildman–Crippen MR) is 104 cm³/mol. The minimum absolute atomic E-state index is 0.0802. The zero-order valence-corrected chi connectivity index (χ0v) is 16.2. The van der Waals surface area contributed by atoms with Crippen LogP contribution in [0.3, 0.4) is 0 Å². The highest BCUT2D eigenvalue weighted by molar-refractivity contribution is 5.87. The monoisotopic (exact) mass is 360 g/mol. The molecule has 1 saturated heterocycles. The molecule has 1 fully saturated rings. The van der Waals surface area contributed by atoms with E-state index >= 15 is 0 Å². The van der Waals surface area contributed by atoms with Crippen LogP contribution in [0.15, 0.2) is 24.4 Å². The summed E-state index contributed by atoms with van der Waals surface area (Å²) in [6, 6.07) is 5.86. The molecule has 1 aliphatic heterocycles. The first-order chi connectivity index (χ1) is 12.4. The van der Waals surface area contributed by atoms with Crippen LogP contribution in [-0.2, 0) is 9.59 Å². The molecule has 6 heteroatoms. The number of aromatic nitrogens is 1. The number of carbonyl (C=O) groups excluding carboxylic acids is 2. The highest BCUT2D eigenvalue weighted by Crippen LogP contribution is 2.27. The van der Waals surface area contributed by atoms with Crippen LogP contribution in [0.4, 0.5) is 5.82 Å². The molecule has 0 saturated carbocycles. The van der Waals surface area contributed by atoms with Gasteiger partial charge in [-0.3, -0.25) is 9.59 Å². The average molecular weight is 361 g/mol. The number of pyridine rings is 1. The molecule has 2 heterocycles. The van der Waals surface area contributed by atoms with Crippen molar-refractivity contribution in [1.82, 2.24) is 9.88 Å². The summed E-state index contributed by atoms with van der Waals surface area (Å²) in [6.45, 7) is 9.02. The minimum Gasteiger partial charge on any atom is -0.369 e. The maximum absolute atomic E-state index is 13.2. The van der Waals surface area contributed by atoms with E-state index in [0.717, 1.165) is 25.3 Å². The molecule has 0 bridgehead atoms. The van der Waals surface area contributed by atoms with Gasteiger partial charge in [-0.15, -0.1) is 0 Å². The zero-order valence-electron chi connectivity index (χ0n) is 16.2. The summed E-state index contributed by atoms with van der Waals surface area (Å²) in [5.41, 5.74) is 5.64. The average Bonchev–Trinajstić information content (AvgIpc) is 2.64. The number of carbonyl (C=O) groups is 2. The molecule has 0 aliphatic carbocycles. The lowest BCUT2D eigenvalue weighted by atomic mass is 9.81. The van der Waals surface area contributed by atoms with E-state index in [0.29, 0.717) is 31.8 Å². The topological polar surface area (TPSA) is 79.5 Å². The van der Waals surface area contributed by atoms with E-state index in [4.69, 9.17) is 5.73 Å². The summed E-state index contributed by atoms with van der Waals surface area (Å²) in [6.07, 6.45) is 4.01. The van der Waals surface area contributed by atoms with E-state index in [1.165, 1.54) is 0 Å². The lowest BCUT2D eigenvalue weighted by molar-refractivity contribution is -0.142. The van der Waals surface area contributed by atoms with Crippen LogP contribution in [0.1, 0.15) is 40.0 Å². The van der Waals surface area contributed by atoms with E-state index in [1.54, 1.807) is 6.20 Å². The van der Waals surface area contributed by atoms with Gasteiger partial charge in [0.15, 0.2) is 0 Å². The zero-order chi connectivity index (χ0) is 19.1. The Bertz CT molecular complexity index is 583. The Kier molecular flexibility index (Phi) is 7.42. The van der Waals surface area contributed by atoms with Gasteiger partial charge in [0.25, 0.3) is 0 Å². The Labute approximate surface area is 156 Å². The van der Waals surface area contributed by atoms with Gasteiger partial charge < -0.3 is 15.5 Å². The van der Waals surface area contributed by atoms with Gasteiger partial charge in [0.2, 0.25) is 11.8 Å². The van der Waals surface area contributed by atoms with E-state index in [2.05, 4.69) is 23.7 Å². The van der Waals surface area contributed by atoms with E-state index in [-0.39, 0.29) is 23.7 Å². The Morgan fingerprint density at radius 2 is 1.85 bits per heavy atom. The van der Waals surface area contributed by atoms with Gasteiger partial charge in [-0.25, -0.2) is 4.98 Å².